The van der Waals surface area contributed by atoms with Gasteiger partial charge in [-0.2, -0.15) is 0 Å². The number of halogens is 1. The van der Waals surface area contributed by atoms with Crippen molar-refractivity contribution in [1.29, 1.82) is 0 Å². The molecule has 2 N–H and O–H groups in total. The summed E-state index contributed by atoms with van der Waals surface area (Å²) in [7, 11) is 0. The van der Waals surface area contributed by atoms with Gasteiger partial charge in [0.05, 0.1) is 5.56 Å². The molecule has 0 fully saturated rings. The zero-order chi connectivity index (χ0) is 16.9. The molecule has 0 radical (unpaired) electrons. The number of anilines is 1. The first-order valence-corrected chi connectivity index (χ1v) is 7.40. The molecule has 0 aliphatic heterocycles. The van der Waals surface area contributed by atoms with Gasteiger partial charge in [-0.05, 0) is 36.2 Å². The van der Waals surface area contributed by atoms with E-state index in [4.69, 9.17) is 9.63 Å². The Balaban J connectivity index is 1.73. The Bertz CT molecular complexity index is 843. The molecule has 0 saturated heterocycles. The Kier molecular flexibility index (Phi) is 4.67. The molecule has 0 saturated carbocycles. The molecule has 1 aromatic heterocycles. The minimum Gasteiger partial charge on any atom is -0.396 e. The van der Waals surface area contributed by atoms with Crippen molar-refractivity contribution >= 4 is 11.6 Å². The Hall–Kier alpha value is -2.99. The summed E-state index contributed by atoms with van der Waals surface area (Å²) in [5.41, 5.74) is 1.88. The van der Waals surface area contributed by atoms with Gasteiger partial charge in [-0.3, -0.25) is 4.79 Å². The molecule has 24 heavy (non-hydrogen) atoms. The third-order valence-corrected chi connectivity index (χ3v) is 3.49. The number of carbonyl (C=O) groups excluding carboxylic acids is 1. The normalized spacial score (nSPS) is 10.6. The van der Waals surface area contributed by atoms with Crippen molar-refractivity contribution in [2.45, 2.75) is 6.42 Å². The van der Waals surface area contributed by atoms with E-state index in [9.17, 15) is 9.18 Å². The number of nitrogens with one attached hydrogen (secondary N) is 1. The van der Waals surface area contributed by atoms with Gasteiger partial charge < -0.3 is 14.9 Å². The summed E-state index contributed by atoms with van der Waals surface area (Å²) >= 11 is 0. The number of rotatable bonds is 5. The molecule has 0 aliphatic carbocycles. The Morgan fingerprint density at radius 2 is 1.92 bits per heavy atom. The molecule has 0 unspecified atom stereocenters. The molecule has 0 atom stereocenters. The van der Waals surface area contributed by atoms with Crippen LogP contribution in [0.15, 0.2) is 59.1 Å². The first-order chi connectivity index (χ1) is 11.7. The molecular formula is C18H15FN2O3. The summed E-state index contributed by atoms with van der Waals surface area (Å²) in [5.74, 6) is -0.701. The lowest BCUT2D eigenvalue weighted by Crippen LogP contribution is -2.12. The summed E-state index contributed by atoms with van der Waals surface area (Å²) in [5, 5.41) is 15.3. The smallest absolute Gasteiger partial charge is 0.277 e. The van der Waals surface area contributed by atoms with Gasteiger partial charge in [0, 0.05) is 18.4 Å². The molecule has 1 amide bonds. The van der Waals surface area contributed by atoms with Crippen LogP contribution in [0.5, 0.6) is 0 Å². The molecule has 1 heterocycles. The zero-order valence-corrected chi connectivity index (χ0v) is 12.7. The number of hydrogen-bond acceptors (Lipinski definition) is 4. The van der Waals surface area contributed by atoms with Gasteiger partial charge in [0.1, 0.15) is 5.82 Å². The average Bonchev–Trinajstić information content (AvgIpc) is 3.07. The summed E-state index contributed by atoms with van der Waals surface area (Å²) in [6, 6.07) is 14.6. The second-order valence-electron chi connectivity index (χ2n) is 5.18. The van der Waals surface area contributed by atoms with Gasteiger partial charge in [-0.25, -0.2) is 4.39 Å². The number of aliphatic hydroxyl groups excluding tert-OH is 1. The van der Waals surface area contributed by atoms with Crippen molar-refractivity contribution < 1.29 is 18.8 Å². The first kappa shape index (κ1) is 15.9. The van der Waals surface area contributed by atoms with Crippen molar-refractivity contribution in [3.63, 3.8) is 0 Å². The third-order valence-electron chi connectivity index (χ3n) is 3.49. The standard InChI is InChI=1S/C18H15FN2O3/c19-15-4-2-1-3-14(15)17-11-16(21-24-17)18(23)20-13-7-5-12(6-8-13)9-10-22/h1-8,11,22H,9-10H2,(H,20,23). The zero-order valence-electron chi connectivity index (χ0n) is 12.7. The third kappa shape index (κ3) is 3.49. The van der Waals surface area contributed by atoms with Crippen molar-refractivity contribution in [2.24, 2.45) is 0 Å². The molecule has 5 nitrogen and oxygen atoms in total. The number of benzene rings is 2. The number of amides is 1. The fourth-order valence-electron chi connectivity index (χ4n) is 2.25. The van der Waals surface area contributed by atoms with E-state index in [1.165, 1.54) is 12.1 Å². The summed E-state index contributed by atoms with van der Waals surface area (Å²) in [4.78, 5) is 12.2. The van der Waals surface area contributed by atoms with Gasteiger partial charge in [0.15, 0.2) is 11.5 Å². The number of aromatic nitrogens is 1. The maximum Gasteiger partial charge on any atom is 0.277 e. The van der Waals surface area contributed by atoms with Crippen LogP contribution in [0, 0.1) is 5.82 Å². The second kappa shape index (κ2) is 7.06. The SMILES string of the molecule is O=C(Nc1ccc(CCO)cc1)c1cc(-c2ccccc2F)on1. The Morgan fingerprint density at radius 1 is 1.17 bits per heavy atom. The lowest BCUT2D eigenvalue weighted by atomic mass is 10.1. The van der Waals surface area contributed by atoms with Gasteiger partial charge >= 0.3 is 0 Å². The lowest BCUT2D eigenvalue weighted by molar-refractivity contribution is 0.101. The van der Waals surface area contributed by atoms with Crippen LogP contribution in [0.25, 0.3) is 11.3 Å². The van der Waals surface area contributed by atoms with Crippen LogP contribution in [0.1, 0.15) is 16.1 Å². The monoisotopic (exact) mass is 326 g/mol. The van der Waals surface area contributed by atoms with Crippen LogP contribution in [-0.4, -0.2) is 22.8 Å². The molecule has 122 valence electrons. The molecule has 0 aliphatic rings. The Morgan fingerprint density at radius 3 is 2.62 bits per heavy atom. The van der Waals surface area contributed by atoms with Crippen molar-refractivity contribution in [1.82, 2.24) is 5.16 Å². The molecular weight excluding hydrogens is 311 g/mol. The first-order valence-electron chi connectivity index (χ1n) is 7.40. The molecule has 0 spiro atoms. The fourth-order valence-corrected chi connectivity index (χ4v) is 2.25. The van der Waals surface area contributed by atoms with E-state index in [1.54, 1.807) is 30.3 Å². The maximum absolute atomic E-state index is 13.7. The van der Waals surface area contributed by atoms with Gasteiger partial charge in [-0.1, -0.05) is 29.4 Å². The minimum absolute atomic E-state index is 0.0627. The summed E-state index contributed by atoms with van der Waals surface area (Å²) < 4.78 is 18.8. The average molecular weight is 326 g/mol. The van der Waals surface area contributed by atoms with Crippen LogP contribution in [0.3, 0.4) is 0 Å². The van der Waals surface area contributed by atoms with Gasteiger partial charge in [0.2, 0.25) is 0 Å². The number of hydrogen-bond donors (Lipinski definition) is 2. The lowest BCUT2D eigenvalue weighted by Gasteiger charge is -2.04. The Labute approximate surface area is 137 Å². The maximum atomic E-state index is 13.7. The van der Waals surface area contributed by atoms with Crippen LogP contribution in [0.4, 0.5) is 10.1 Å². The molecule has 3 aromatic rings. The molecule has 3 rings (SSSR count). The van der Waals surface area contributed by atoms with E-state index in [0.717, 1.165) is 5.56 Å². The van der Waals surface area contributed by atoms with Crippen LogP contribution in [0.2, 0.25) is 0 Å². The predicted octanol–water partition coefficient (Wildman–Crippen LogP) is 3.27. The largest absolute Gasteiger partial charge is 0.396 e. The summed E-state index contributed by atoms with van der Waals surface area (Å²) in [6.45, 7) is 0.0729. The summed E-state index contributed by atoms with van der Waals surface area (Å²) in [6.07, 6.45) is 0.559. The van der Waals surface area contributed by atoms with Crippen molar-refractivity contribution in [3.8, 4) is 11.3 Å². The minimum atomic E-state index is -0.448. The quantitative estimate of drug-likeness (QED) is 0.754. The van der Waals surface area contributed by atoms with Crippen molar-refractivity contribution in [2.75, 3.05) is 11.9 Å². The van der Waals surface area contributed by atoms with Crippen molar-refractivity contribution in [3.05, 3.63) is 71.7 Å². The highest BCUT2D eigenvalue weighted by atomic mass is 19.1. The van der Waals surface area contributed by atoms with Crippen LogP contribution in [-0.2, 0) is 6.42 Å². The van der Waals surface area contributed by atoms with E-state index in [0.29, 0.717) is 12.1 Å². The highest BCUT2D eigenvalue weighted by Crippen LogP contribution is 2.23. The molecule has 0 bridgehead atoms. The highest BCUT2D eigenvalue weighted by molar-refractivity contribution is 6.03. The van der Waals surface area contributed by atoms with Gasteiger partial charge in [0.25, 0.3) is 5.91 Å². The second-order valence-corrected chi connectivity index (χ2v) is 5.18. The van der Waals surface area contributed by atoms with E-state index in [2.05, 4.69) is 10.5 Å². The van der Waals surface area contributed by atoms with E-state index in [-0.39, 0.29) is 23.6 Å². The fraction of sp³-hybridized carbons (Fsp3) is 0.111. The van der Waals surface area contributed by atoms with Crippen LogP contribution >= 0.6 is 0 Å². The van der Waals surface area contributed by atoms with E-state index >= 15 is 0 Å². The number of aliphatic hydroxyl groups is 1. The van der Waals surface area contributed by atoms with E-state index < -0.39 is 11.7 Å². The number of carbonyl (C=O) groups is 1. The topological polar surface area (TPSA) is 75.4 Å². The predicted molar refractivity (Wildman–Crippen MR) is 87.1 cm³/mol. The van der Waals surface area contributed by atoms with Gasteiger partial charge in [-0.15, -0.1) is 0 Å². The van der Waals surface area contributed by atoms with Crippen LogP contribution < -0.4 is 5.32 Å². The molecule has 2 aromatic carbocycles. The highest BCUT2D eigenvalue weighted by Gasteiger charge is 2.16. The van der Waals surface area contributed by atoms with E-state index in [1.807, 2.05) is 12.1 Å². The number of nitrogens with zero attached hydrogens (tertiary/aromatic N) is 1. The molecule has 6 heteroatoms.